The van der Waals surface area contributed by atoms with Crippen molar-refractivity contribution in [2.75, 3.05) is 5.32 Å². The molecular formula is C19H17FN6O. The van der Waals surface area contributed by atoms with Crippen LogP contribution >= 0.6 is 0 Å². The Morgan fingerprint density at radius 2 is 2.04 bits per heavy atom. The number of carbonyl (C=O) groups excluding carboxylic acids is 1. The van der Waals surface area contributed by atoms with Gasteiger partial charge in [-0.05, 0) is 48.7 Å². The van der Waals surface area contributed by atoms with Crippen molar-refractivity contribution in [2.24, 2.45) is 0 Å². The normalized spacial score (nSPS) is 11.1. The lowest BCUT2D eigenvalue weighted by atomic mass is 10.0. The molecule has 27 heavy (non-hydrogen) atoms. The van der Waals surface area contributed by atoms with Crippen molar-refractivity contribution in [3.05, 3.63) is 65.9 Å². The fourth-order valence-electron chi connectivity index (χ4n) is 2.88. The molecule has 0 atom stereocenters. The standard InChI is InChI=1S/C19H17FN6O/c1-12-8-21-25(9-12)11-18(27)23-19-22-17-7-6-14(10-26(17)24-19)15-4-3-5-16(20)13(15)2/h3-10H,11H2,1-2H3,(H,23,24,27). The van der Waals surface area contributed by atoms with Crippen LogP contribution in [0.15, 0.2) is 48.9 Å². The molecule has 1 amide bonds. The van der Waals surface area contributed by atoms with Gasteiger partial charge in [-0.25, -0.2) is 8.91 Å². The topological polar surface area (TPSA) is 77.1 Å². The SMILES string of the molecule is Cc1cnn(CC(=O)Nc2nc3ccc(-c4cccc(F)c4C)cn3n2)c1. The number of aromatic nitrogens is 5. The van der Waals surface area contributed by atoms with E-state index in [2.05, 4.69) is 20.5 Å². The van der Waals surface area contributed by atoms with Crippen molar-refractivity contribution in [1.82, 2.24) is 24.4 Å². The zero-order valence-corrected chi connectivity index (χ0v) is 14.8. The largest absolute Gasteiger partial charge is 0.292 e. The number of amides is 1. The number of halogens is 1. The van der Waals surface area contributed by atoms with E-state index in [4.69, 9.17) is 0 Å². The molecule has 136 valence electrons. The predicted molar refractivity (Wildman–Crippen MR) is 98.7 cm³/mol. The highest BCUT2D eigenvalue weighted by Crippen LogP contribution is 2.25. The van der Waals surface area contributed by atoms with Gasteiger partial charge in [-0.3, -0.25) is 14.8 Å². The van der Waals surface area contributed by atoms with Gasteiger partial charge in [0, 0.05) is 18.0 Å². The Balaban J connectivity index is 1.57. The maximum absolute atomic E-state index is 13.8. The summed E-state index contributed by atoms with van der Waals surface area (Å²) >= 11 is 0. The lowest BCUT2D eigenvalue weighted by molar-refractivity contribution is -0.116. The Bertz CT molecular complexity index is 1150. The molecule has 0 radical (unpaired) electrons. The number of carbonyl (C=O) groups is 1. The van der Waals surface area contributed by atoms with Crippen LogP contribution in [0.25, 0.3) is 16.8 Å². The van der Waals surface area contributed by atoms with E-state index in [0.29, 0.717) is 11.2 Å². The van der Waals surface area contributed by atoms with Crippen LogP contribution in [-0.4, -0.2) is 30.3 Å². The second-order valence-corrected chi connectivity index (χ2v) is 6.33. The van der Waals surface area contributed by atoms with Gasteiger partial charge in [-0.1, -0.05) is 12.1 Å². The molecule has 0 bridgehead atoms. The Hall–Kier alpha value is -3.55. The van der Waals surface area contributed by atoms with Crippen molar-refractivity contribution in [2.45, 2.75) is 20.4 Å². The van der Waals surface area contributed by atoms with E-state index in [1.54, 1.807) is 46.8 Å². The third-order valence-corrected chi connectivity index (χ3v) is 4.23. The van der Waals surface area contributed by atoms with Crippen molar-refractivity contribution < 1.29 is 9.18 Å². The first-order chi connectivity index (χ1) is 13.0. The molecule has 1 aromatic carbocycles. The van der Waals surface area contributed by atoms with E-state index in [1.807, 2.05) is 19.1 Å². The average molecular weight is 364 g/mol. The lowest BCUT2D eigenvalue weighted by Gasteiger charge is -2.06. The minimum absolute atomic E-state index is 0.0805. The number of hydrogen-bond acceptors (Lipinski definition) is 4. The number of aryl methyl sites for hydroxylation is 1. The molecule has 1 N–H and O–H groups in total. The molecule has 8 heteroatoms. The molecule has 0 saturated heterocycles. The molecule has 0 aliphatic heterocycles. The average Bonchev–Trinajstić information content (AvgIpc) is 3.21. The fraction of sp³-hybridized carbons (Fsp3) is 0.158. The molecular weight excluding hydrogens is 347 g/mol. The smallest absolute Gasteiger partial charge is 0.249 e. The van der Waals surface area contributed by atoms with Gasteiger partial charge < -0.3 is 0 Å². The summed E-state index contributed by atoms with van der Waals surface area (Å²) in [6.45, 7) is 3.72. The number of nitrogens with one attached hydrogen (secondary N) is 1. The monoisotopic (exact) mass is 364 g/mol. The minimum atomic E-state index is -0.268. The Morgan fingerprint density at radius 3 is 2.81 bits per heavy atom. The van der Waals surface area contributed by atoms with Gasteiger partial charge in [-0.2, -0.15) is 10.1 Å². The molecule has 7 nitrogen and oxygen atoms in total. The first kappa shape index (κ1) is 16.9. The summed E-state index contributed by atoms with van der Waals surface area (Å²) in [5.74, 6) is -0.319. The van der Waals surface area contributed by atoms with Crippen molar-refractivity contribution >= 4 is 17.5 Å². The van der Waals surface area contributed by atoms with Crippen LogP contribution in [0.4, 0.5) is 10.3 Å². The number of fused-ring (bicyclic) bond motifs is 1. The quantitative estimate of drug-likeness (QED) is 0.604. The second kappa shape index (κ2) is 6.64. The zero-order valence-electron chi connectivity index (χ0n) is 14.8. The van der Waals surface area contributed by atoms with E-state index < -0.39 is 0 Å². The predicted octanol–water partition coefficient (Wildman–Crippen LogP) is 2.99. The highest BCUT2D eigenvalue weighted by molar-refractivity contribution is 5.88. The van der Waals surface area contributed by atoms with Gasteiger partial charge in [0.15, 0.2) is 5.65 Å². The summed E-state index contributed by atoms with van der Waals surface area (Å²) < 4.78 is 16.9. The van der Waals surface area contributed by atoms with Gasteiger partial charge in [0.25, 0.3) is 0 Å². The van der Waals surface area contributed by atoms with Crippen LogP contribution in [0, 0.1) is 19.7 Å². The summed E-state index contributed by atoms with van der Waals surface area (Å²) in [6, 6.07) is 8.59. The first-order valence-corrected chi connectivity index (χ1v) is 8.40. The van der Waals surface area contributed by atoms with Crippen LogP contribution in [-0.2, 0) is 11.3 Å². The molecule has 0 unspecified atom stereocenters. The minimum Gasteiger partial charge on any atom is -0.292 e. The van der Waals surface area contributed by atoms with Crippen LogP contribution < -0.4 is 5.32 Å². The van der Waals surface area contributed by atoms with Crippen molar-refractivity contribution in [3.8, 4) is 11.1 Å². The van der Waals surface area contributed by atoms with Crippen molar-refractivity contribution in [3.63, 3.8) is 0 Å². The third kappa shape index (κ3) is 3.41. The highest BCUT2D eigenvalue weighted by Gasteiger charge is 2.11. The van der Waals surface area contributed by atoms with Gasteiger partial charge >= 0.3 is 0 Å². The summed E-state index contributed by atoms with van der Waals surface area (Å²) in [5, 5.41) is 11.0. The molecule has 0 aliphatic carbocycles. The molecule has 4 aromatic rings. The fourth-order valence-corrected chi connectivity index (χ4v) is 2.88. The van der Waals surface area contributed by atoms with E-state index >= 15 is 0 Å². The summed E-state index contributed by atoms with van der Waals surface area (Å²) in [4.78, 5) is 16.4. The molecule has 0 fully saturated rings. The number of benzene rings is 1. The Kier molecular flexibility index (Phi) is 4.15. The summed E-state index contributed by atoms with van der Waals surface area (Å²) in [6.07, 6.45) is 5.23. The molecule has 3 aromatic heterocycles. The van der Waals surface area contributed by atoms with Crippen LogP contribution in [0.2, 0.25) is 0 Å². The Morgan fingerprint density at radius 1 is 1.19 bits per heavy atom. The molecule has 0 saturated carbocycles. The number of nitrogens with zero attached hydrogens (tertiary/aromatic N) is 5. The maximum Gasteiger partial charge on any atom is 0.249 e. The van der Waals surface area contributed by atoms with Gasteiger partial charge in [0.1, 0.15) is 12.4 Å². The summed E-state index contributed by atoms with van der Waals surface area (Å²) in [5.41, 5.74) is 3.73. The highest BCUT2D eigenvalue weighted by atomic mass is 19.1. The van der Waals surface area contributed by atoms with E-state index in [1.165, 1.54) is 6.07 Å². The molecule has 0 spiro atoms. The van der Waals surface area contributed by atoms with Crippen LogP contribution in [0.5, 0.6) is 0 Å². The van der Waals surface area contributed by atoms with Crippen LogP contribution in [0.3, 0.4) is 0 Å². The number of pyridine rings is 1. The van der Waals surface area contributed by atoms with Gasteiger partial charge in [-0.15, -0.1) is 5.10 Å². The number of anilines is 1. The van der Waals surface area contributed by atoms with Crippen molar-refractivity contribution in [1.29, 1.82) is 0 Å². The maximum atomic E-state index is 13.8. The summed E-state index contributed by atoms with van der Waals surface area (Å²) in [7, 11) is 0. The van der Waals surface area contributed by atoms with E-state index in [0.717, 1.165) is 16.7 Å². The Labute approximate surface area is 154 Å². The van der Waals surface area contributed by atoms with Gasteiger partial charge in [0.05, 0.1) is 6.20 Å². The van der Waals surface area contributed by atoms with E-state index in [-0.39, 0.29) is 24.2 Å². The molecule has 0 aliphatic rings. The molecule has 3 heterocycles. The first-order valence-electron chi connectivity index (χ1n) is 8.40. The van der Waals surface area contributed by atoms with Gasteiger partial charge in [0.2, 0.25) is 11.9 Å². The van der Waals surface area contributed by atoms with E-state index in [9.17, 15) is 9.18 Å². The van der Waals surface area contributed by atoms with Crippen LogP contribution in [0.1, 0.15) is 11.1 Å². The molecule has 4 rings (SSSR count). The zero-order chi connectivity index (χ0) is 19.0. The number of hydrogen-bond donors (Lipinski definition) is 1. The lowest BCUT2D eigenvalue weighted by Crippen LogP contribution is -2.19. The number of rotatable bonds is 4. The second-order valence-electron chi connectivity index (χ2n) is 6.33. The third-order valence-electron chi connectivity index (χ3n) is 4.23.